The molecule has 1 heterocycles. The molecular formula is C17H32N2O3. The molecule has 1 saturated heterocycles. The van der Waals surface area contributed by atoms with Crippen LogP contribution in [0.5, 0.6) is 0 Å². The summed E-state index contributed by atoms with van der Waals surface area (Å²) in [6, 6.07) is -0.502. The number of likely N-dealkylation sites (tertiary alicyclic amines) is 1. The normalized spacial score (nSPS) is 19.0. The van der Waals surface area contributed by atoms with Gasteiger partial charge in [-0.25, -0.2) is 4.79 Å². The minimum atomic E-state index is -0.560. The molecule has 0 radical (unpaired) electrons. The summed E-state index contributed by atoms with van der Waals surface area (Å²) in [5.41, 5.74) is -0.560. The number of alkyl carbamates (subject to hydrolysis) is 1. The van der Waals surface area contributed by atoms with Crippen molar-refractivity contribution in [3.05, 3.63) is 0 Å². The lowest BCUT2D eigenvalue weighted by Gasteiger charge is -2.30. The first kappa shape index (κ1) is 18.8. The number of ether oxygens (including phenoxy) is 1. The third-order valence-electron chi connectivity index (χ3n) is 4.07. The zero-order valence-corrected chi connectivity index (χ0v) is 14.8. The molecule has 0 spiro atoms. The minimum Gasteiger partial charge on any atom is -0.444 e. The quantitative estimate of drug-likeness (QED) is 0.866. The molecule has 0 bridgehead atoms. The van der Waals surface area contributed by atoms with Crippen LogP contribution in [-0.4, -0.2) is 41.6 Å². The maximum Gasteiger partial charge on any atom is 0.408 e. The van der Waals surface area contributed by atoms with Crippen LogP contribution in [0.25, 0.3) is 0 Å². The van der Waals surface area contributed by atoms with Gasteiger partial charge in [-0.15, -0.1) is 0 Å². The van der Waals surface area contributed by atoms with E-state index in [9.17, 15) is 9.59 Å². The predicted octanol–water partition coefficient (Wildman–Crippen LogP) is 3.33. The predicted molar refractivity (Wildman–Crippen MR) is 87.7 cm³/mol. The van der Waals surface area contributed by atoms with Crippen molar-refractivity contribution in [3.63, 3.8) is 0 Å². The monoisotopic (exact) mass is 312 g/mol. The number of rotatable bonds is 4. The molecule has 1 fully saturated rings. The first-order chi connectivity index (χ1) is 10.2. The highest BCUT2D eigenvalue weighted by molar-refractivity contribution is 5.86. The molecular weight excluding hydrogens is 280 g/mol. The third-order valence-corrected chi connectivity index (χ3v) is 4.07. The van der Waals surface area contributed by atoms with E-state index in [4.69, 9.17) is 4.74 Å². The molecule has 5 nitrogen and oxygen atoms in total. The zero-order valence-electron chi connectivity index (χ0n) is 14.8. The molecule has 2 amide bonds. The maximum atomic E-state index is 12.8. The van der Waals surface area contributed by atoms with E-state index in [0.717, 1.165) is 32.4 Å². The molecule has 0 aromatic rings. The topological polar surface area (TPSA) is 58.6 Å². The first-order valence-electron chi connectivity index (χ1n) is 8.53. The summed E-state index contributed by atoms with van der Waals surface area (Å²) in [5.74, 6) is 0.116. The van der Waals surface area contributed by atoms with Gasteiger partial charge in [-0.2, -0.15) is 0 Å². The molecule has 1 aliphatic heterocycles. The lowest BCUT2D eigenvalue weighted by atomic mass is 9.98. The summed E-state index contributed by atoms with van der Waals surface area (Å²) in [7, 11) is 0. The summed E-state index contributed by atoms with van der Waals surface area (Å²) in [6.07, 6.45) is 4.77. The molecule has 0 saturated carbocycles. The van der Waals surface area contributed by atoms with Gasteiger partial charge in [0.25, 0.3) is 0 Å². The first-order valence-corrected chi connectivity index (χ1v) is 8.53. The molecule has 5 heteroatoms. The van der Waals surface area contributed by atoms with E-state index in [1.807, 2.05) is 39.5 Å². The van der Waals surface area contributed by atoms with Gasteiger partial charge >= 0.3 is 6.09 Å². The van der Waals surface area contributed by atoms with Crippen LogP contribution in [0, 0.1) is 5.92 Å². The number of nitrogens with one attached hydrogen (secondary N) is 1. The molecule has 2 atom stereocenters. The molecule has 22 heavy (non-hydrogen) atoms. The van der Waals surface area contributed by atoms with Gasteiger partial charge in [0, 0.05) is 13.1 Å². The lowest BCUT2D eigenvalue weighted by Crippen LogP contribution is -2.52. The molecule has 0 aromatic heterocycles. The Morgan fingerprint density at radius 3 is 2.14 bits per heavy atom. The number of carbonyl (C=O) groups excluding carboxylic acids is 2. The van der Waals surface area contributed by atoms with E-state index in [1.54, 1.807) is 0 Å². The smallest absolute Gasteiger partial charge is 0.408 e. The second-order valence-electron chi connectivity index (χ2n) is 7.25. The molecule has 2 unspecified atom stereocenters. The lowest BCUT2D eigenvalue weighted by molar-refractivity contribution is -0.134. The van der Waals surface area contributed by atoms with E-state index in [0.29, 0.717) is 0 Å². The Balaban J connectivity index is 2.74. The van der Waals surface area contributed by atoms with Crippen molar-refractivity contribution in [3.8, 4) is 0 Å². The van der Waals surface area contributed by atoms with Gasteiger partial charge in [-0.1, -0.05) is 33.1 Å². The van der Waals surface area contributed by atoms with Gasteiger partial charge < -0.3 is 15.0 Å². The second kappa shape index (κ2) is 8.39. The van der Waals surface area contributed by atoms with E-state index in [-0.39, 0.29) is 11.8 Å². The minimum absolute atomic E-state index is 0.0297. The van der Waals surface area contributed by atoms with Crippen LogP contribution in [0.4, 0.5) is 4.79 Å². The SMILES string of the molecule is CCC(C)C(NC(=O)OC(C)(C)C)C(=O)N1CCCCCC1. The Kier molecular flexibility index (Phi) is 7.17. The average Bonchev–Trinajstić information content (AvgIpc) is 2.70. The Bertz CT molecular complexity index is 369. The van der Waals surface area contributed by atoms with Gasteiger partial charge in [0.05, 0.1) is 0 Å². The second-order valence-corrected chi connectivity index (χ2v) is 7.25. The maximum absolute atomic E-state index is 12.8. The van der Waals surface area contributed by atoms with Crippen LogP contribution >= 0.6 is 0 Å². The molecule has 0 aliphatic carbocycles. The Hall–Kier alpha value is -1.26. The number of hydrogen-bond acceptors (Lipinski definition) is 3. The standard InChI is InChI=1S/C17H32N2O3/c1-6-13(2)14(18-16(21)22-17(3,4)5)15(20)19-11-9-7-8-10-12-19/h13-14H,6-12H2,1-5H3,(H,18,21). The Morgan fingerprint density at radius 1 is 1.14 bits per heavy atom. The van der Waals surface area contributed by atoms with Crippen molar-refractivity contribution in [2.24, 2.45) is 5.92 Å². The fraction of sp³-hybridized carbons (Fsp3) is 0.882. The van der Waals surface area contributed by atoms with Crippen molar-refractivity contribution in [2.45, 2.75) is 78.4 Å². The number of hydrogen-bond donors (Lipinski definition) is 1. The van der Waals surface area contributed by atoms with Crippen LogP contribution in [0.15, 0.2) is 0 Å². The summed E-state index contributed by atoms with van der Waals surface area (Å²) < 4.78 is 5.30. The Morgan fingerprint density at radius 2 is 1.68 bits per heavy atom. The van der Waals surface area contributed by atoms with Crippen LogP contribution < -0.4 is 5.32 Å². The summed E-state index contributed by atoms with van der Waals surface area (Å²) in [6.45, 7) is 11.1. The van der Waals surface area contributed by atoms with Gasteiger partial charge in [0.2, 0.25) is 5.91 Å². The van der Waals surface area contributed by atoms with Crippen molar-refractivity contribution in [2.75, 3.05) is 13.1 Å². The third kappa shape index (κ3) is 6.24. The fourth-order valence-electron chi connectivity index (χ4n) is 2.61. The van der Waals surface area contributed by atoms with Crippen molar-refractivity contribution in [1.82, 2.24) is 10.2 Å². The highest BCUT2D eigenvalue weighted by Gasteiger charge is 2.31. The van der Waals surface area contributed by atoms with Gasteiger partial charge in [-0.3, -0.25) is 4.79 Å². The van der Waals surface area contributed by atoms with Gasteiger partial charge in [0.1, 0.15) is 11.6 Å². The van der Waals surface area contributed by atoms with Crippen molar-refractivity contribution >= 4 is 12.0 Å². The molecule has 0 aromatic carbocycles. The number of carbonyl (C=O) groups is 2. The van der Waals surface area contributed by atoms with Gasteiger partial charge in [0.15, 0.2) is 0 Å². The molecule has 128 valence electrons. The van der Waals surface area contributed by atoms with Crippen LogP contribution in [0.1, 0.15) is 66.7 Å². The molecule has 1 rings (SSSR count). The van der Waals surface area contributed by atoms with E-state index >= 15 is 0 Å². The van der Waals surface area contributed by atoms with E-state index in [2.05, 4.69) is 5.32 Å². The number of amides is 2. The van der Waals surface area contributed by atoms with Crippen molar-refractivity contribution < 1.29 is 14.3 Å². The van der Waals surface area contributed by atoms with Crippen molar-refractivity contribution in [1.29, 1.82) is 0 Å². The van der Waals surface area contributed by atoms with E-state index in [1.165, 1.54) is 12.8 Å². The van der Waals surface area contributed by atoms with Gasteiger partial charge in [-0.05, 0) is 39.5 Å². The number of nitrogens with zero attached hydrogens (tertiary/aromatic N) is 1. The molecule has 1 aliphatic rings. The van der Waals surface area contributed by atoms with Crippen LogP contribution in [0.2, 0.25) is 0 Å². The Labute approximate surface area is 134 Å². The zero-order chi connectivity index (χ0) is 16.8. The van der Waals surface area contributed by atoms with E-state index < -0.39 is 17.7 Å². The summed E-state index contributed by atoms with van der Waals surface area (Å²) in [5, 5.41) is 2.79. The average molecular weight is 312 g/mol. The highest BCUT2D eigenvalue weighted by atomic mass is 16.6. The molecule has 1 N–H and O–H groups in total. The van der Waals surface area contributed by atoms with Crippen LogP contribution in [0.3, 0.4) is 0 Å². The summed E-state index contributed by atoms with van der Waals surface area (Å²) >= 11 is 0. The largest absolute Gasteiger partial charge is 0.444 e. The van der Waals surface area contributed by atoms with Crippen LogP contribution in [-0.2, 0) is 9.53 Å². The highest BCUT2D eigenvalue weighted by Crippen LogP contribution is 2.16. The summed E-state index contributed by atoms with van der Waals surface area (Å²) in [4.78, 5) is 26.8. The fourth-order valence-corrected chi connectivity index (χ4v) is 2.61.